The molecule has 1 amide bonds. The number of carbonyl (C=O) groups is 2. The fourth-order valence-electron chi connectivity index (χ4n) is 1.86. The average Bonchev–Trinajstić information content (AvgIpc) is 2.54. The Morgan fingerprint density at radius 1 is 1.27 bits per heavy atom. The van der Waals surface area contributed by atoms with Gasteiger partial charge in [-0.1, -0.05) is 12.1 Å². The van der Waals surface area contributed by atoms with Gasteiger partial charge in [0, 0.05) is 11.8 Å². The molecular weight excluding hydrogens is 287 g/mol. The van der Waals surface area contributed by atoms with Gasteiger partial charge in [0.05, 0.1) is 18.4 Å². The van der Waals surface area contributed by atoms with Crippen LogP contribution >= 0.6 is 0 Å². The lowest BCUT2D eigenvalue weighted by atomic mass is 10.1. The minimum absolute atomic E-state index is 0.302. The van der Waals surface area contributed by atoms with Crippen LogP contribution in [0.25, 0.3) is 11.3 Å². The van der Waals surface area contributed by atoms with Crippen LogP contribution in [-0.2, 0) is 9.53 Å². The molecule has 2 aromatic rings. The highest BCUT2D eigenvalue weighted by Gasteiger charge is 2.17. The third-order valence-electron chi connectivity index (χ3n) is 3.05. The molecule has 1 atom stereocenters. The zero-order chi connectivity index (χ0) is 16.1. The number of benzene rings is 1. The van der Waals surface area contributed by atoms with Crippen molar-refractivity contribution in [3.63, 3.8) is 0 Å². The number of rotatable bonds is 4. The number of esters is 1. The number of amides is 1. The summed E-state index contributed by atoms with van der Waals surface area (Å²) in [5, 5.41) is 2.50. The maximum Gasteiger partial charge on any atom is 0.328 e. The van der Waals surface area contributed by atoms with E-state index in [4.69, 9.17) is 0 Å². The van der Waals surface area contributed by atoms with E-state index in [0.717, 1.165) is 0 Å². The van der Waals surface area contributed by atoms with Crippen molar-refractivity contribution in [2.75, 3.05) is 7.11 Å². The Kier molecular flexibility index (Phi) is 4.83. The van der Waals surface area contributed by atoms with E-state index in [2.05, 4.69) is 15.0 Å². The van der Waals surface area contributed by atoms with Crippen LogP contribution in [-0.4, -0.2) is 30.0 Å². The second kappa shape index (κ2) is 6.80. The number of carbonyl (C=O) groups excluding carboxylic acids is 2. The molecule has 1 N–H and O–H groups in total. The Labute approximate surface area is 127 Å². The number of methoxy groups -OCH3 is 1. The Bertz CT molecular complexity index is 686. The van der Waals surface area contributed by atoms with E-state index < -0.39 is 17.9 Å². The van der Waals surface area contributed by atoms with Crippen molar-refractivity contribution in [2.45, 2.75) is 13.0 Å². The summed E-state index contributed by atoms with van der Waals surface area (Å²) >= 11 is 0. The van der Waals surface area contributed by atoms with E-state index >= 15 is 0 Å². The van der Waals surface area contributed by atoms with E-state index in [1.165, 1.54) is 32.4 Å². The van der Waals surface area contributed by atoms with Crippen LogP contribution in [0.4, 0.5) is 4.39 Å². The maximum atomic E-state index is 13.2. The van der Waals surface area contributed by atoms with Crippen molar-refractivity contribution in [1.82, 2.24) is 10.3 Å². The summed E-state index contributed by atoms with van der Waals surface area (Å²) in [6, 6.07) is 8.45. The molecule has 6 heteroatoms. The average molecular weight is 302 g/mol. The van der Waals surface area contributed by atoms with Gasteiger partial charge in [-0.15, -0.1) is 0 Å². The third-order valence-corrected chi connectivity index (χ3v) is 3.05. The van der Waals surface area contributed by atoms with Crippen LogP contribution in [0, 0.1) is 5.82 Å². The molecule has 0 fully saturated rings. The van der Waals surface area contributed by atoms with Gasteiger partial charge in [0.15, 0.2) is 0 Å². The lowest BCUT2D eigenvalue weighted by molar-refractivity contribution is -0.142. The van der Waals surface area contributed by atoms with Gasteiger partial charge in [0.25, 0.3) is 5.91 Å². The van der Waals surface area contributed by atoms with E-state index in [1.807, 2.05) is 0 Å². The maximum absolute atomic E-state index is 13.2. The van der Waals surface area contributed by atoms with E-state index in [0.29, 0.717) is 16.8 Å². The van der Waals surface area contributed by atoms with Crippen molar-refractivity contribution in [3.05, 3.63) is 54.0 Å². The molecule has 0 bridgehead atoms. The standard InChI is InChI=1S/C16H15FN2O3/c1-10(16(21)22-2)19-15(20)12-6-7-14(18-9-12)11-4-3-5-13(17)8-11/h3-10H,1-2H3,(H,19,20)/t10-/m0/s1. The predicted molar refractivity (Wildman–Crippen MR) is 78.6 cm³/mol. The second-order valence-electron chi connectivity index (χ2n) is 4.66. The van der Waals surface area contributed by atoms with Gasteiger partial charge in [-0.2, -0.15) is 0 Å². The summed E-state index contributed by atoms with van der Waals surface area (Å²) in [5.74, 6) is -1.32. The summed E-state index contributed by atoms with van der Waals surface area (Å²) in [6.07, 6.45) is 1.37. The summed E-state index contributed by atoms with van der Waals surface area (Å²) < 4.78 is 17.7. The van der Waals surface area contributed by atoms with Gasteiger partial charge >= 0.3 is 5.97 Å². The molecule has 114 valence electrons. The van der Waals surface area contributed by atoms with Crippen molar-refractivity contribution >= 4 is 11.9 Å². The van der Waals surface area contributed by atoms with Crippen molar-refractivity contribution in [1.29, 1.82) is 0 Å². The first-order chi connectivity index (χ1) is 10.5. The normalized spacial score (nSPS) is 11.6. The zero-order valence-corrected chi connectivity index (χ0v) is 12.2. The Morgan fingerprint density at radius 2 is 2.05 bits per heavy atom. The molecular formula is C16H15FN2O3. The fourth-order valence-corrected chi connectivity index (χ4v) is 1.86. The van der Waals surface area contributed by atoms with Crippen molar-refractivity contribution in [3.8, 4) is 11.3 Å². The van der Waals surface area contributed by atoms with Gasteiger partial charge in [0.1, 0.15) is 11.9 Å². The number of aromatic nitrogens is 1. The highest BCUT2D eigenvalue weighted by molar-refractivity contribution is 5.96. The number of halogens is 1. The largest absolute Gasteiger partial charge is 0.467 e. The SMILES string of the molecule is COC(=O)[C@H](C)NC(=O)c1ccc(-c2cccc(F)c2)nc1. The molecule has 22 heavy (non-hydrogen) atoms. The van der Waals surface area contributed by atoms with Crippen LogP contribution < -0.4 is 5.32 Å². The molecule has 0 aliphatic rings. The van der Waals surface area contributed by atoms with Crippen LogP contribution in [0.3, 0.4) is 0 Å². The summed E-state index contributed by atoms with van der Waals surface area (Å²) in [4.78, 5) is 27.4. The van der Waals surface area contributed by atoms with Gasteiger partial charge in [-0.05, 0) is 31.2 Å². The lowest BCUT2D eigenvalue weighted by Gasteiger charge is -2.11. The minimum Gasteiger partial charge on any atom is -0.467 e. The first kappa shape index (κ1) is 15.6. The van der Waals surface area contributed by atoms with Gasteiger partial charge < -0.3 is 10.1 Å². The van der Waals surface area contributed by atoms with Crippen LogP contribution in [0.15, 0.2) is 42.6 Å². The van der Waals surface area contributed by atoms with Crippen LogP contribution in [0.5, 0.6) is 0 Å². The summed E-state index contributed by atoms with van der Waals surface area (Å²) in [6.45, 7) is 1.53. The molecule has 1 heterocycles. The quantitative estimate of drug-likeness (QED) is 0.879. The monoisotopic (exact) mass is 302 g/mol. The predicted octanol–water partition coefficient (Wildman–Crippen LogP) is 2.18. The topological polar surface area (TPSA) is 68.3 Å². The summed E-state index contributed by atoms with van der Waals surface area (Å²) in [5.41, 5.74) is 1.47. The smallest absolute Gasteiger partial charge is 0.328 e. The van der Waals surface area contributed by atoms with Crippen LogP contribution in [0.2, 0.25) is 0 Å². The number of pyridine rings is 1. The fraction of sp³-hybridized carbons (Fsp3) is 0.188. The number of ether oxygens (including phenoxy) is 1. The Hall–Kier alpha value is -2.76. The first-order valence-electron chi connectivity index (χ1n) is 6.62. The molecule has 0 unspecified atom stereocenters. The van der Waals surface area contributed by atoms with E-state index in [-0.39, 0.29) is 5.82 Å². The third kappa shape index (κ3) is 3.66. The van der Waals surface area contributed by atoms with Crippen LogP contribution in [0.1, 0.15) is 17.3 Å². The second-order valence-corrected chi connectivity index (χ2v) is 4.66. The molecule has 0 saturated carbocycles. The van der Waals surface area contributed by atoms with E-state index in [9.17, 15) is 14.0 Å². The number of nitrogens with zero attached hydrogens (tertiary/aromatic N) is 1. The Morgan fingerprint density at radius 3 is 2.64 bits per heavy atom. The van der Waals surface area contributed by atoms with Crippen molar-refractivity contribution < 1.29 is 18.7 Å². The van der Waals surface area contributed by atoms with Crippen molar-refractivity contribution in [2.24, 2.45) is 0 Å². The highest BCUT2D eigenvalue weighted by atomic mass is 19.1. The highest BCUT2D eigenvalue weighted by Crippen LogP contribution is 2.17. The lowest BCUT2D eigenvalue weighted by Crippen LogP contribution is -2.39. The van der Waals surface area contributed by atoms with Gasteiger partial charge in [-0.25, -0.2) is 9.18 Å². The molecule has 0 saturated heterocycles. The van der Waals surface area contributed by atoms with Gasteiger partial charge in [-0.3, -0.25) is 9.78 Å². The molecule has 0 aliphatic carbocycles. The number of nitrogens with one attached hydrogen (secondary N) is 1. The number of hydrogen-bond acceptors (Lipinski definition) is 4. The molecule has 0 radical (unpaired) electrons. The summed E-state index contributed by atoms with van der Waals surface area (Å²) in [7, 11) is 1.25. The zero-order valence-electron chi connectivity index (χ0n) is 12.2. The molecule has 0 aliphatic heterocycles. The molecule has 1 aromatic carbocycles. The molecule has 2 rings (SSSR count). The minimum atomic E-state index is -0.750. The Balaban J connectivity index is 2.12. The molecule has 0 spiro atoms. The molecule has 5 nitrogen and oxygen atoms in total. The van der Waals surface area contributed by atoms with E-state index in [1.54, 1.807) is 24.3 Å². The first-order valence-corrected chi connectivity index (χ1v) is 6.62. The van der Waals surface area contributed by atoms with Gasteiger partial charge in [0.2, 0.25) is 0 Å². The molecule has 1 aromatic heterocycles. The number of hydrogen-bond donors (Lipinski definition) is 1.